The van der Waals surface area contributed by atoms with Crippen LogP contribution in [0.3, 0.4) is 0 Å². The number of hydrogen-bond donors (Lipinski definition) is 2. The molecule has 0 saturated carbocycles. The van der Waals surface area contributed by atoms with Gasteiger partial charge in [0, 0.05) is 26.4 Å². The lowest BCUT2D eigenvalue weighted by Crippen LogP contribution is -2.37. The first-order chi connectivity index (χ1) is 7.27. The third-order valence-electron chi connectivity index (χ3n) is 1.85. The van der Waals surface area contributed by atoms with Crippen molar-refractivity contribution < 1.29 is 0 Å². The Morgan fingerprint density at radius 3 is 3.13 bits per heavy atom. The molecule has 1 rings (SSSR count). The van der Waals surface area contributed by atoms with E-state index in [1.165, 1.54) is 0 Å². The number of rotatable bonds is 3. The maximum absolute atomic E-state index is 6.95. The second-order valence-electron chi connectivity index (χ2n) is 2.94. The Labute approximate surface area is 89.4 Å². The molecule has 5 heteroatoms. The first kappa shape index (κ1) is 11.2. The lowest BCUT2D eigenvalue weighted by molar-refractivity contribution is 0.480. The van der Waals surface area contributed by atoms with Crippen LogP contribution in [0.2, 0.25) is 0 Å². The molecule has 0 spiro atoms. The Kier molecular flexibility index (Phi) is 4.28. The van der Waals surface area contributed by atoms with E-state index in [0.29, 0.717) is 12.5 Å². The number of nitrogens with zero attached hydrogens (tertiary/aromatic N) is 3. The van der Waals surface area contributed by atoms with Gasteiger partial charge in [-0.05, 0) is 6.07 Å². The van der Waals surface area contributed by atoms with Crippen molar-refractivity contribution in [3.8, 4) is 0 Å². The molecule has 0 bridgehead atoms. The highest BCUT2D eigenvalue weighted by Crippen LogP contribution is 1.98. The summed E-state index contributed by atoms with van der Waals surface area (Å²) in [5.41, 5.74) is 0.934. The van der Waals surface area contributed by atoms with Crippen molar-refractivity contribution >= 4 is 12.3 Å². The van der Waals surface area contributed by atoms with Crippen LogP contribution in [0.25, 0.3) is 0 Å². The summed E-state index contributed by atoms with van der Waals surface area (Å²) in [5.74, 6) is 0.639. The number of aliphatic imine (C=N–C) groups is 1. The lowest BCUT2D eigenvalue weighted by atomic mass is 10.3. The van der Waals surface area contributed by atoms with Gasteiger partial charge in [-0.3, -0.25) is 15.4 Å². The van der Waals surface area contributed by atoms with Gasteiger partial charge in [0.15, 0.2) is 5.96 Å². The maximum Gasteiger partial charge on any atom is 0.198 e. The van der Waals surface area contributed by atoms with Gasteiger partial charge in [0.1, 0.15) is 0 Å². The fourth-order valence-electron chi connectivity index (χ4n) is 1.17. The van der Waals surface area contributed by atoms with Crippen molar-refractivity contribution in [2.75, 3.05) is 14.1 Å². The standard InChI is InChI=1S/C10H14N5/c1-12-10(14-8-11)15(2)7-9-5-3-4-6-13-9/h3,5-6,8H,7H2,1-2H3,(H2,11,12,14). The number of guanidine groups is 1. The van der Waals surface area contributed by atoms with Crippen LogP contribution in [-0.4, -0.2) is 36.3 Å². The van der Waals surface area contributed by atoms with Crippen molar-refractivity contribution in [3.63, 3.8) is 0 Å². The minimum absolute atomic E-state index is 0.639. The molecular weight excluding hydrogens is 190 g/mol. The van der Waals surface area contributed by atoms with E-state index in [1.54, 1.807) is 13.2 Å². The van der Waals surface area contributed by atoms with Crippen molar-refractivity contribution in [1.82, 2.24) is 15.2 Å². The van der Waals surface area contributed by atoms with Crippen molar-refractivity contribution in [3.05, 3.63) is 30.1 Å². The molecule has 0 aromatic carbocycles. The second-order valence-corrected chi connectivity index (χ2v) is 2.94. The predicted molar refractivity (Wildman–Crippen MR) is 59.8 cm³/mol. The van der Waals surface area contributed by atoms with Gasteiger partial charge in [0.2, 0.25) is 0 Å². The maximum atomic E-state index is 6.95. The highest BCUT2D eigenvalue weighted by molar-refractivity contribution is 5.89. The lowest BCUT2D eigenvalue weighted by Gasteiger charge is -2.19. The van der Waals surface area contributed by atoms with E-state index in [-0.39, 0.29) is 0 Å². The number of pyridine rings is 1. The minimum atomic E-state index is 0.639. The molecule has 1 aromatic heterocycles. The van der Waals surface area contributed by atoms with Gasteiger partial charge in [-0.2, -0.15) is 0 Å². The van der Waals surface area contributed by atoms with Crippen molar-refractivity contribution in [2.45, 2.75) is 6.54 Å². The van der Waals surface area contributed by atoms with E-state index in [1.807, 2.05) is 24.1 Å². The molecule has 5 nitrogen and oxygen atoms in total. The van der Waals surface area contributed by atoms with Gasteiger partial charge in [-0.25, -0.2) is 0 Å². The smallest absolute Gasteiger partial charge is 0.198 e. The SMILES string of the molecule is CN=C(NC=N)N(C)Cc1cc[c]cn1. The van der Waals surface area contributed by atoms with E-state index >= 15 is 0 Å². The first-order valence-corrected chi connectivity index (χ1v) is 4.52. The Hall–Kier alpha value is -1.91. The van der Waals surface area contributed by atoms with Gasteiger partial charge >= 0.3 is 0 Å². The van der Waals surface area contributed by atoms with Crippen LogP contribution in [-0.2, 0) is 6.54 Å². The fraction of sp³-hybridized carbons (Fsp3) is 0.300. The van der Waals surface area contributed by atoms with E-state index in [0.717, 1.165) is 12.0 Å². The monoisotopic (exact) mass is 204 g/mol. The largest absolute Gasteiger partial charge is 0.340 e. The number of nitrogens with one attached hydrogen (secondary N) is 2. The van der Waals surface area contributed by atoms with Gasteiger partial charge in [-0.15, -0.1) is 0 Å². The summed E-state index contributed by atoms with van der Waals surface area (Å²) >= 11 is 0. The number of aromatic nitrogens is 1. The van der Waals surface area contributed by atoms with Gasteiger partial charge in [0.05, 0.1) is 18.6 Å². The van der Waals surface area contributed by atoms with E-state index in [4.69, 9.17) is 5.41 Å². The van der Waals surface area contributed by atoms with E-state index < -0.39 is 0 Å². The van der Waals surface area contributed by atoms with Crippen LogP contribution in [0.15, 0.2) is 23.3 Å². The summed E-state index contributed by atoms with van der Waals surface area (Å²) in [6, 6.07) is 6.58. The average Bonchev–Trinajstić information content (AvgIpc) is 2.27. The predicted octanol–water partition coefficient (Wildman–Crippen LogP) is 0.496. The van der Waals surface area contributed by atoms with Crippen LogP contribution in [0.1, 0.15) is 5.69 Å². The molecule has 1 radical (unpaired) electrons. The fourth-order valence-corrected chi connectivity index (χ4v) is 1.17. The normalized spacial score (nSPS) is 10.9. The molecule has 0 aliphatic carbocycles. The third kappa shape index (κ3) is 3.38. The molecular formula is C10H14N5. The Morgan fingerprint density at radius 2 is 2.60 bits per heavy atom. The van der Waals surface area contributed by atoms with Crippen molar-refractivity contribution in [2.24, 2.45) is 4.99 Å². The zero-order chi connectivity index (χ0) is 11.1. The van der Waals surface area contributed by atoms with Crippen LogP contribution >= 0.6 is 0 Å². The van der Waals surface area contributed by atoms with Gasteiger partial charge < -0.3 is 10.2 Å². The summed E-state index contributed by atoms with van der Waals surface area (Å²) in [5, 5.41) is 9.68. The summed E-state index contributed by atoms with van der Waals surface area (Å²) in [7, 11) is 3.56. The third-order valence-corrected chi connectivity index (χ3v) is 1.85. The summed E-state index contributed by atoms with van der Waals surface area (Å²) in [4.78, 5) is 10.1. The Morgan fingerprint density at radius 1 is 1.80 bits per heavy atom. The molecule has 0 aliphatic heterocycles. The molecule has 2 N–H and O–H groups in total. The molecule has 0 fully saturated rings. The average molecular weight is 204 g/mol. The molecule has 1 aromatic rings. The highest BCUT2D eigenvalue weighted by Gasteiger charge is 2.04. The van der Waals surface area contributed by atoms with Crippen LogP contribution in [0.5, 0.6) is 0 Å². The first-order valence-electron chi connectivity index (χ1n) is 4.52. The molecule has 0 aliphatic rings. The molecule has 79 valence electrons. The molecule has 0 saturated heterocycles. The Balaban J connectivity index is 2.62. The minimum Gasteiger partial charge on any atom is -0.340 e. The highest BCUT2D eigenvalue weighted by atomic mass is 15.3. The Bertz CT molecular complexity index is 333. The molecule has 0 unspecified atom stereocenters. The van der Waals surface area contributed by atoms with Crippen molar-refractivity contribution in [1.29, 1.82) is 5.41 Å². The second kappa shape index (κ2) is 5.74. The zero-order valence-electron chi connectivity index (χ0n) is 8.86. The summed E-state index contributed by atoms with van der Waals surface area (Å²) < 4.78 is 0. The molecule has 0 amide bonds. The topological polar surface area (TPSA) is 64.4 Å². The molecule has 1 heterocycles. The zero-order valence-corrected chi connectivity index (χ0v) is 8.86. The molecule has 15 heavy (non-hydrogen) atoms. The van der Waals surface area contributed by atoms with Gasteiger partial charge in [-0.1, -0.05) is 6.07 Å². The van der Waals surface area contributed by atoms with Gasteiger partial charge in [0.25, 0.3) is 0 Å². The van der Waals surface area contributed by atoms with Crippen LogP contribution in [0.4, 0.5) is 0 Å². The van der Waals surface area contributed by atoms with Crippen LogP contribution in [0, 0.1) is 11.5 Å². The summed E-state index contributed by atoms with van der Waals surface area (Å²) in [6.45, 7) is 0.641. The quantitative estimate of drug-likeness (QED) is 0.556. The summed E-state index contributed by atoms with van der Waals surface area (Å²) in [6.07, 6.45) is 2.74. The van der Waals surface area contributed by atoms with E-state index in [2.05, 4.69) is 21.4 Å². The molecule has 0 atom stereocenters. The van der Waals surface area contributed by atoms with Crippen LogP contribution < -0.4 is 5.32 Å². The van der Waals surface area contributed by atoms with E-state index in [9.17, 15) is 0 Å². The number of hydrogen-bond acceptors (Lipinski definition) is 3.